The normalized spacial score (nSPS) is 10.6. The molecule has 1 aromatic heterocycles. The van der Waals surface area contributed by atoms with E-state index < -0.39 is 11.6 Å². The number of thiazole rings is 1. The van der Waals surface area contributed by atoms with Crippen molar-refractivity contribution in [1.29, 1.82) is 0 Å². The molecule has 0 aliphatic rings. The third kappa shape index (κ3) is 5.16. The van der Waals surface area contributed by atoms with Gasteiger partial charge in [-0.1, -0.05) is 77.5 Å². The van der Waals surface area contributed by atoms with Crippen LogP contribution in [0.2, 0.25) is 0 Å². The van der Waals surface area contributed by atoms with E-state index in [0.29, 0.717) is 16.3 Å². The number of benzene rings is 3. The zero-order chi connectivity index (χ0) is 23.4. The number of carbonyl (C=O) groups is 3. The van der Waals surface area contributed by atoms with Crippen LogP contribution in [0.1, 0.15) is 42.9 Å². The summed E-state index contributed by atoms with van der Waals surface area (Å²) in [5.74, 6) is -1.52. The number of halogens is 1. The van der Waals surface area contributed by atoms with E-state index in [4.69, 9.17) is 0 Å². The Bertz CT molecular complexity index is 1310. The van der Waals surface area contributed by atoms with Crippen LogP contribution in [0, 0.1) is 0 Å². The highest BCUT2D eigenvalue weighted by molar-refractivity contribution is 9.10. The van der Waals surface area contributed by atoms with Gasteiger partial charge in [-0.15, -0.1) is 11.3 Å². The number of ketones is 2. The van der Waals surface area contributed by atoms with Crippen molar-refractivity contribution in [1.82, 2.24) is 4.98 Å². The summed E-state index contributed by atoms with van der Waals surface area (Å²) in [6.45, 7) is 2.05. The monoisotopic (exact) mass is 518 g/mol. The fourth-order valence-corrected chi connectivity index (χ4v) is 4.46. The Hall–Kier alpha value is -3.42. The molecule has 1 heterocycles. The van der Waals surface area contributed by atoms with Crippen LogP contribution in [-0.4, -0.2) is 22.5 Å². The van der Waals surface area contributed by atoms with Crippen molar-refractivity contribution in [2.45, 2.75) is 13.3 Å². The molecule has 0 fully saturated rings. The van der Waals surface area contributed by atoms with Crippen molar-refractivity contribution in [2.75, 3.05) is 5.32 Å². The summed E-state index contributed by atoms with van der Waals surface area (Å²) < 4.78 is 0.987. The lowest BCUT2D eigenvalue weighted by Crippen LogP contribution is -2.15. The number of nitrogens with one attached hydrogen (secondary N) is 1. The van der Waals surface area contributed by atoms with Crippen LogP contribution in [0.5, 0.6) is 0 Å². The molecule has 7 heteroatoms. The molecular weight excluding hydrogens is 500 g/mol. The maximum absolute atomic E-state index is 12.7. The Labute approximate surface area is 203 Å². The molecule has 0 saturated heterocycles. The molecule has 0 radical (unpaired) electrons. The number of amides is 1. The molecule has 0 bridgehead atoms. The minimum atomic E-state index is -0.611. The predicted octanol–water partition coefficient (Wildman–Crippen LogP) is 6.45. The fourth-order valence-electron chi connectivity index (χ4n) is 3.27. The predicted molar refractivity (Wildman–Crippen MR) is 134 cm³/mol. The average molecular weight is 519 g/mol. The van der Waals surface area contributed by atoms with Crippen molar-refractivity contribution in [2.24, 2.45) is 0 Å². The SMILES string of the molecule is CCc1sc(NC(=O)c2ccc(C(=O)C(=O)c3ccccc3)cc2)nc1-c1ccc(Br)cc1. The van der Waals surface area contributed by atoms with Crippen molar-refractivity contribution in [3.8, 4) is 11.3 Å². The topological polar surface area (TPSA) is 76.1 Å². The molecule has 0 atom stereocenters. The number of carbonyl (C=O) groups excluding carboxylic acids is 3. The molecule has 33 heavy (non-hydrogen) atoms. The second kappa shape index (κ2) is 10.0. The summed E-state index contributed by atoms with van der Waals surface area (Å²) >= 11 is 4.87. The Morgan fingerprint density at radius 3 is 2.00 bits per heavy atom. The minimum Gasteiger partial charge on any atom is -0.298 e. The second-order valence-corrected chi connectivity index (χ2v) is 9.21. The van der Waals surface area contributed by atoms with Crippen LogP contribution in [0.25, 0.3) is 11.3 Å². The van der Waals surface area contributed by atoms with Crippen LogP contribution in [0.15, 0.2) is 83.3 Å². The van der Waals surface area contributed by atoms with Crippen molar-refractivity contribution in [3.05, 3.63) is 105 Å². The fraction of sp³-hybridized carbons (Fsp3) is 0.0769. The third-order valence-electron chi connectivity index (χ3n) is 5.01. The molecule has 1 N–H and O–H groups in total. The van der Waals surface area contributed by atoms with Crippen molar-refractivity contribution < 1.29 is 14.4 Å². The van der Waals surface area contributed by atoms with Crippen LogP contribution in [-0.2, 0) is 6.42 Å². The van der Waals surface area contributed by atoms with Gasteiger partial charge in [0.05, 0.1) is 5.69 Å². The smallest absolute Gasteiger partial charge is 0.257 e. The van der Waals surface area contributed by atoms with E-state index in [1.54, 1.807) is 30.3 Å². The van der Waals surface area contributed by atoms with Crippen LogP contribution in [0.4, 0.5) is 5.13 Å². The molecule has 3 aromatic carbocycles. The van der Waals surface area contributed by atoms with Gasteiger partial charge in [-0.2, -0.15) is 0 Å². The van der Waals surface area contributed by atoms with Gasteiger partial charge in [0.1, 0.15) is 0 Å². The van der Waals surface area contributed by atoms with E-state index in [9.17, 15) is 14.4 Å². The van der Waals surface area contributed by atoms with E-state index in [-0.39, 0.29) is 11.5 Å². The standard InChI is InChI=1S/C26H19BrN2O3S/c1-2-21-22(16-12-14-20(27)15-13-16)28-26(33-21)29-25(32)19-10-8-18(9-11-19)24(31)23(30)17-6-4-3-5-7-17/h3-15H,2H2,1H3,(H,28,29,32). The highest BCUT2D eigenvalue weighted by Gasteiger charge is 2.19. The van der Waals surface area contributed by atoms with Crippen LogP contribution in [0.3, 0.4) is 0 Å². The number of nitrogens with zero attached hydrogens (tertiary/aromatic N) is 1. The molecule has 0 aliphatic heterocycles. The lowest BCUT2D eigenvalue weighted by Gasteiger charge is -2.04. The summed E-state index contributed by atoms with van der Waals surface area (Å²) in [6, 6.07) is 22.3. The largest absolute Gasteiger partial charge is 0.298 e. The molecule has 164 valence electrons. The summed E-state index contributed by atoms with van der Waals surface area (Å²) in [4.78, 5) is 43.3. The van der Waals surface area contributed by atoms with Gasteiger partial charge in [-0.25, -0.2) is 4.98 Å². The Morgan fingerprint density at radius 1 is 0.818 bits per heavy atom. The molecule has 1 amide bonds. The third-order valence-corrected chi connectivity index (χ3v) is 6.65. The van der Waals surface area contributed by atoms with Gasteiger partial charge in [0, 0.05) is 31.6 Å². The number of anilines is 1. The van der Waals surface area contributed by atoms with Crippen molar-refractivity contribution in [3.63, 3.8) is 0 Å². The number of aryl methyl sites for hydroxylation is 1. The maximum Gasteiger partial charge on any atom is 0.257 e. The highest BCUT2D eigenvalue weighted by atomic mass is 79.9. The van der Waals surface area contributed by atoms with Crippen LogP contribution < -0.4 is 5.32 Å². The second-order valence-electron chi connectivity index (χ2n) is 7.21. The molecule has 0 aliphatic carbocycles. The molecular formula is C26H19BrN2O3S. The van der Waals surface area contributed by atoms with E-state index in [1.165, 1.54) is 35.6 Å². The van der Waals surface area contributed by atoms with Gasteiger partial charge in [0.2, 0.25) is 11.6 Å². The lowest BCUT2D eigenvalue weighted by atomic mass is 10.0. The number of hydrogen-bond donors (Lipinski definition) is 1. The Kier molecular flexibility index (Phi) is 6.91. The number of aromatic nitrogens is 1. The molecule has 5 nitrogen and oxygen atoms in total. The van der Waals surface area contributed by atoms with Gasteiger partial charge in [0.25, 0.3) is 5.91 Å². The quantitative estimate of drug-likeness (QED) is 0.225. The van der Waals surface area contributed by atoms with Gasteiger partial charge >= 0.3 is 0 Å². The number of rotatable bonds is 7. The van der Waals surface area contributed by atoms with E-state index >= 15 is 0 Å². The zero-order valence-electron chi connectivity index (χ0n) is 17.7. The zero-order valence-corrected chi connectivity index (χ0v) is 20.1. The maximum atomic E-state index is 12.7. The Balaban J connectivity index is 1.48. The lowest BCUT2D eigenvalue weighted by molar-refractivity contribution is 0.0817. The van der Waals surface area contributed by atoms with Gasteiger partial charge < -0.3 is 0 Å². The summed E-state index contributed by atoms with van der Waals surface area (Å²) in [6.07, 6.45) is 0.797. The van der Waals surface area contributed by atoms with Crippen LogP contribution >= 0.6 is 27.3 Å². The van der Waals surface area contributed by atoms with Gasteiger partial charge in [0.15, 0.2) is 5.13 Å². The first-order valence-corrected chi connectivity index (χ1v) is 11.9. The summed E-state index contributed by atoms with van der Waals surface area (Å²) in [7, 11) is 0. The molecule has 0 unspecified atom stereocenters. The Morgan fingerprint density at radius 2 is 1.39 bits per heavy atom. The number of hydrogen-bond acceptors (Lipinski definition) is 5. The highest BCUT2D eigenvalue weighted by Crippen LogP contribution is 2.32. The first-order chi connectivity index (χ1) is 16.0. The first-order valence-electron chi connectivity index (χ1n) is 10.3. The molecule has 0 spiro atoms. The van der Waals surface area contributed by atoms with Crippen molar-refractivity contribution >= 4 is 49.9 Å². The minimum absolute atomic E-state index is 0.237. The summed E-state index contributed by atoms with van der Waals surface area (Å²) in [5.41, 5.74) is 2.78. The van der Waals surface area contributed by atoms with E-state index in [0.717, 1.165) is 27.0 Å². The average Bonchev–Trinajstić information content (AvgIpc) is 3.27. The van der Waals surface area contributed by atoms with Gasteiger partial charge in [-0.05, 0) is 30.7 Å². The molecule has 4 rings (SSSR count). The van der Waals surface area contributed by atoms with E-state index in [2.05, 4.69) is 26.2 Å². The molecule has 0 saturated carbocycles. The first kappa shape index (κ1) is 22.8. The number of Topliss-reactive ketones (excluding diaryl/α,β-unsaturated/α-hetero) is 2. The van der Waals surface area contributed by atoms with Gasteiger partial charge in [-0.3, -0.25) is 19.7 Å². The summed E-state index contributed by atoms with van der Waals surface area (Å²) in [5, 5.41) is 3.35. The van der Waals surface area contributed by atoms with E-state index in [1.807, 2.05) is 31.2 Å². The molecule has 4 aromatic rings.